The van der Waals surface area contributed by atoms with E-state index in [1.807, 2.05) is 42.5 Å². The number of fused-ring (bicyclic) bond motifs is 1. The van der Waals surface area contributed by atoms with Gasteiger partial charge in [0.1, 0.15) is 5.76 Å². The molecular weight excluding hydrogens is 432 g/mol. The number of benzene rings is 3. The number of carbonyl (C=O) groups excluding carboxylic acids is 2. The minimum atomic E-state index is -1.05. The van der Waals surface area contributed by atoms with Gasteiger partial charge in [-0.2, -0.15) is 0 Å². The molecule has 0 spiro atoms. The van der Waals surface area contributed by atoms with E-state index >= 15 is 0 Å². The summed E-state index contributed by atoms with van der Waals surface area (Å²) in [5.74, 6) is -2.78. The third-order valence-corrected chi connectivity index (χ3v) is 6.05. The largest absolute Gasteiger partial charge is 0.507 e. The second-order valence-electron chi connectivity index (χ2n) is 8.09. The van der Waals surface area contributed by atoms with Crippen molar-refractivity contribution in [3.63, 3.8) is 0 Å². The van der Waals surface area contributed by atoms with Crippen LogP contribution in [0.2, 0.25) is 0 Å². The lowest BCUT2D eigenvalue weighted by molar-refractivity contribution is -0.140. The molecule has 5 rings (SSSR count). The predicted octanol–water partition coefficient (Wildman–Crippen LogP) is 4.49. The number of aliphatic hydroxyl groups is 1. The van der Waals surface area contributed by atoms with Gasteiger partial charge in [-0.25, -0.2) is 4.79 Å². The summed E-state index contributed by atoms with van der Waals surface area (Å²) in [5.41, 5.74) is 2.74. The third kappa shape index (κ3) is 3.53. The van der Waals surface area contributed by atoms with Crippen LogP contribution < -0.4 is 0 Å². The molecular formula is C27H20N2O5. The summed E-state index contributed by atoms with van der Waals surface area (Å²) in [6.07, 6.45) is 1.63. The van der Waals surface area contributed by atoms with Crippen molar-refractivity contribution in [3.05, 3.63) is 113 Å². The molecule has 3 N–H and O–H groups in total. The van der Waals surface area contributed by atoms with E-state index in [-0.39, 0.29) is 23.4 Å². The Morgan fingerprint density at radius 3 is 2.26 bits per heavy atom. The first-order chi connectivity index (χ1) is 16.5. The Bertz CT molecular complexity index is 1450. The van der Waals surface area contributed by atoms with Crippen LogP contribution in [0.1, 0.15) is 33.1 Å². The number of likely N-dealkylation sites (tertiary alicyclic amines) is 1. The van der Waals surface area contributed by atoms with Gasteiger partial charge in [0.05, 0.1) is 17.2 Å². The molecule has 1 amide bonds. The van der Waals surface area contributed by atoms with Gasteiger partial charge >= 0.3 is 5.97 Å². The number of rotatable bonds is 5. The number of Topliss-reactive ketones (excluding diaryl/α,β-unsaturated/α-hetero) is 1. The fraction of sp³-hybridized carbons (Fsp3) is 0.0741. The third-order valence-electron chi connectivity index (χ3n) is 6.05. The molecule has 1 aliphatic rings. The molecule has 0 saturated carbocycles. The average Bonchev–Trinajstić information content (AvgIpc) is 3.39. The zero-order valence-electron chi connectivity index (χ0n) is 17.9. The molecule has 1 unspecified atom stereocenters. The summed E-state index contributed by atoms with van der Waals surface area (Å²) in [7, 11) is 0. The van der Waals surface area contributed by atoms with Crippen LogP contribution in [-0.4, -0.2) is 37.8 Å². The molecule has 34 heavy (non-hydrogen) atoms. The number of aliphatic hydroxyl groups excluding tert-OH is 1. The predicted molar refractivity (Wildman–Crippen MR) is 126 cm³/mol. The van der Waals surface area contributed by atoms with Crippen molar-refractivity contribution in [1.82, 2.24) is 9.88 Å². The van der Waals surface area contributed by atoms with Crippen LogP contribution in [0, 0.1) is 0 Å². The van der Waals surface area contributed by atoms with Crippen LogP contribution >= 0.6 is 0 Å². The molecule has 1 fully saturated rings. The highest BCUT2D eigenvalue weighted by Gasteiger charge is 2.46. The fourth-order valence-corrected chi connectivity index (χ4v) is 4.39. The first kappa shape index (κ1) is 21.2. The Kier molecular flexibility index (Phi) is 5.22. The highest BCUT2D eigenvalue weighted by atomic mass is 16.4. The number of H-pyrrole nitrogens is 1. The van der Waals surface area contributed by atoms with Gasteiger partial charge in [-0.05, 0) is 29.3 Å². The van der Waals surface area contributed by atoms with Gasteiger partial charge in [0.15, 0.2) is 0 Å². The maximum Gasteiger partial charge on any atom is 0.335 e. The van der Waals surface area contributed by atoms with E-state index in [2.05, 4.69) is 4.98 Å². The van der Waals surface area contributed by atoms with E-state index in [9.17, 15) is 19.5 Å². The monoisotopic (exact) mass is 452 g/mol. The zero-order valence-corrected chi connectivity index (χ0v) is 17.9. The van der Waals surface area contributed by atoms with E-state index in [0.29, 0.717) is 16.7 Å². The topological polar surface area (TPSA) is 111 Å². The molecule has 7 heteroatoms. The Balaban J connectivity index is 1.63. The number of carbonyl (C=O) groups is 3. The minimum Gasteiger partial charge on any atom is -0.507 e. The number of amides is 1. The molecule has 4 aromatic rings. The van der Waals surface area contributed by atoms with Crippen LogP contribution in [0.25, 0.3) is 16.7 Å². The van der Waals surface area contributed by atoms with Crippen molar-refractivity contribution in [3.8, 4) is 0 Å². The van der Waals surface area contributed by atoms with Crippen molar-refractivity contribution in [1.29, 1.82) is 0 Å². The van der Waals surface area contributed by atoms with E-state index in [1.165, 1.54) is 17.0 Å². The van der Waals surface area contributed by atoms with Gasteiger partial charge in [-0.15, -0.1) is 0 Å². The first-order valence-corrected chi connectivity index (χ1v) is 10.7. The van der Waals surface area contributed by atoms with Gasteiger partial charge in [-0.3, -0.25) is 9.59 Å². The number of aromatic carboxylic acids is 1. The highest BCUT2D eigenvalue weighted by molar-refractivity contribution is 6.46. The highest BCUT2D eigenvalue weighted by Crippen LogP contribution is 2.41. The van der Waals surface area contributed by atoms with E-state index < -0.39 is 23.7 Å². The number of para-hydroxylation sites is 1. The summed E-state index contributed by atoms with van der Waals surface area (Å²) in [6, 6.07) is 21.8. The second kappa shape index (κ2) is 8.37. The smallest absolute Gasteiger partial charge is 0.335 e. The lowest BCUT2D eigenvalue weighted by Crippen LogP contribution is -2.29. The molecule has 7 nitrogen and oxygen atoms in total. The molecule has 1 aromatic heterocycles. The Morgan fingerprint density at radius 2 is 1.56 bits per heavy atom. The minimum absolute atomic E-state index is 0.0168. The summed E-state index contributed by atoms with van der Waals surface area (Å²) in [6.45, 7) is 0.0781. The quantitative estimate of drug-likeness (QED) is 0.235. The number of carboxylic acid groups (broad SMARTS) is 1. The zero-order chi connectivity index (χ0) is 23.8. The maximum atomic E-state index is 13.2. The van der Waals surface area contributed by atoms with Crippen LogP contribution in [0.3, 0.4) is 0 Å². The maximum absolute atomic E-state index is 13.2. The number of ketones is 1. The van der Waals surface area contributed by atoms with Gasteiger partial charge < -0.3 is 20.1 Å². The first-order valence-electron chi connectivity index (χ1n) is 10.7. The van der Waals surface area contributed by atoms with Crippen LogP contribution in [0.15, 0.2) is 90.6 Å². The Labute approximate surface area is 194 Å². The van der Waals surface area contributed by atoms with Gasteiger partial charge in [0, 0.05) is 29.2 Å². The summed E-state index contributed by atoms with van der Waals surface area (Å²) in [4.78, 5) is 42.0. The number of aromatic nitrogens is 1. The van der Waals surface area contributed by atoms with E-state index in [4.69, 9.17) is 5.11 Å². The molecule has 0 bridgehead atoms. The lowest BCUT2D eigenvalue weighted by Gasteiger charge is -2.25. The number of nitrogens with zero attached hydrogens (tertiary/aromatic N) is 1. The van der Waals surface area contributed by atoms with Crippen molar-refractivity contribution in [2.24, 2.45) is 0 Å². The molecule has 2 heterocycles. The standard InChI is InChI=1S/C27H20N2O5/c30-24(20-14-28-21-9-5-4-8-19(20)21)22-23(17-6-2-1-3-7-17)29(26(32)25(22)31)15-16-10-12-18(13-11-16)27(33)34/h1-14,23,28,30H,15H2,(H,33,34)/b24-22-. The summed E-state index contributed by atoms with van der Waals surface area (Å²) >= 11 is 0. The van der Waals surface area contributed by atoms with Gasteiger partial charge in [0.2, 0.25) is 0 Å². The van der Waals surface area contributed by atoms with Crippen LogP contribution in [0.4, 0.5) is 0 Å². The van der Waals surface area contributed by atoms with Crippen LogP contribution in [0.5, 0.6) is 0 Å². The van der Waals surface area contributed by atoms with Crippen molar-refractivity contribution < 1.29 is 24.6 Å². The van der Waals surface area contributed by atoms with Crippen molar-refractivity contribution in [2.75, 3.05) is 0 Å². The number of hydrogen-bond donors (Lipinski definition) is 3. The number of carboxylic acids is 1. The number of nitrogens with one attached hydrogen (secondary N) is 1. The molecule has 0 aliphatic carbocycles. The summed E-state index contributed by atoms with van der Waals surface area (Å²) < 4.78 is 0. The SMILES string of the molecule is O=C1C(=O)N(Cc2ccc(C(=O)O)cc2)C(c2ccccc2)/C1=C(/O)c1c[nH]c2ccccc12. The second-order valence-corrected chi connectivity index (χ2v) is 8.09. The van der Waals surface area contributed by atoms with Gasteiger partial charge in [-0.1, -0.05) is 60.7 Å². The fourth-order valence-electron chi connectivity index (χ4n) is 4.39. The lowest BCUT2D eigenvalue weighted by atomic mass is 9.95. The van der Waals surface area contributed by atoms with Crippen molar-refractivity contribution >= 4 is 34.3 Å². The van der Waals surface area contributed by atoms with Gasteiger partial charge in [0.25, 0.3) is 11.7 Å². The number of aromatic amines is 1. The Hall–Kier alpha value is -4.65. The molecule has 0 radical (unpaired) electrons. The molecule has 1 atom stereocenters. The summed E-state index contributed by atoms with van der Waals surface area (Å²) in [5, 5.41) is 21.2. The average molecular weight is 452 g/mol. The molecule has 168 valence electrons. The van der Waals surface area contributed by atoms with Crippen LogP contribution in [-0.2, 0) is 16.1 Å². The molecule has 1 saturated heterocycles. The normalized spacial score (nSPS) is 17.4. The molecule has 1 aliphatic heterocycles. The van der Waals surface area contributed by atoms with Crippen molar-refractivity contribution in [2.45, 2.75) is 12.6 Å². The van der Waals surface area contributed by atoms with E-state index in [1.54, 1.807) is 30.5 Å². The molecule has 3 aromatic carbocycles. The Morgan fingerprint density at radius 1 is 0.882 bits per heavy atom. The number of hydrogen-bond acceptors (Lipinski definition) is 4. The van der Waals surface area contributed by atoms with E-state index in [0.717, 1.165) is 10.9 Å².